The normalized spacial score (nSPS) is 14.8. The largest absolute Gasteiger partial charge is 0.391 e. The SMILES string of the molecule is C[C@@H](O)[C@@H]([C]=O)NC(=O)[C@H](CCCCN)NC(=O)[C@@H](Cc1c[nH]c2ccccc12)NC(=O)[C@@H](N)Cc1ccccc1. The van der Waals surface area contributed by atoms with Crippen molar-refractivity contribution in [2.24, 2.45) is 11.5 Å². The van der Waals surface area contributed by atoms with Crippen molar-refractivity contribution in [3.8, 4) is 0 Å². The number of aromatic nitrogens is 1. The van der Waals surface area contributed by atoms with Gasteiger partial charge in [0.25, 0.3) is 0 Å². The first kappa shape index (κ1) is 31.5. The highest BCUT2D eigenvalue weighted by Gasteiger charge is 2.30. The summed E-state index contributed by atoms with van der Waals surface area (Å²) in [4.78, 5) is 54.2. The number of rotatable bonds is 16. The van der Waals surface area contributed by atoms with Gasteiger partial charge in [0, 0.05) is 23.5 Å². The van der Waals surface area contributed by atoms with Gasteiger partial charge in [-0.25, -0.2) is 0 Å². The molecule has 0 aliphatic carbocycles. The molecule has 0 unspecified atom stereocenters. The summed E-state index contributed by atoms with van der Waals surface area (Å²) in [5, 5.41) is 18.6. The highest BCUT2D eigenvalue weighted by molar-refractivity contribution is 5.94. The smallest absolute Gasteiger partial charge is 0.243 e. The highest BCUT2D eigenvalue weighted by atomic mass is 16.3. The first-order chi connectivity index (χ1) is 19.7. The lowest BCUT2D eigenvalue weighted by Crippen LogP contribution is -2.58. The van der Waals surface area contributed by atoms with Crippen molar-refractivity contribution >= 4 is 34.9 Å². The quantitative estimate of drug-likeness (QED) is 0.122. The monoisotopic (exact) mass is 563 g/mol. The van der Waals surface area contributed by atoms with Gasteiger partial charge in [0.05, 0.1) is 12.1 Å². The van der Waals surface area contributed by atoms with Crippen LogP contribution in [0.5, 0.6) is 0 Å². The molecule has 0 saturated heterocycles. The summed E-state index contributed by atoms with van der Waals surface area (Å²) in [6.45, 7) is 1.75. The predicted molar refractivity (Wildman–Crippen MR) is 156 cm³/mol. The minimum Gasteiger partial charge on any atom is -0.391 e. The average Bonchev–Trinajstić information content (AvgIpc) is 3.37. The number of nitrogens with one attached hydrogen (secondary N) is 4. The van der Waals surface area contributed by atoms with Crippen molar-refractivity contribution in [3.63, 3.8) is 0 Å². The first-order valence-electron chi connectivity index (χ1n) is 13.7. The van der Waals surface area contributed by atoms with E-state index < -0.39 is 48.0 Å². The number of nitrogens with two attached hydrogens (primary N) is 2. The summed E-state index contributed by atoms with van der Waals surface area (Å²) in [5.41, 5.74) is 14.4. The van der Waals surface area contributed by atoms with Crippen LogP contribution in [0.2, 0.25) is 0 Å². The van der Waals surface area contributed by atoms with Crippen molar-refractivity contribution in [1.82, 2.24) is 20.9 Å². The van der Waals surface area contributed by atoms with Crippen LogP contribution in [0.3, 0.4) is 0 Å². The van der Waals surface area contributed by atoms with Gasteiger partial charge < -0.3 is 37.5 Å². The molecule has 219 valence electrons. The zero-order valence-electron chi connectivity index (χ0n) is 23.1. The maximum absolute atomic E-state index is 13.7. The van der Waals surface area contributed by atoms with Crippen LogP contribution >= 0.6 is 0 Å². The number of para-hydroxylation sites is 1. The molecule has 5 atom stereocenters. The van der Waals surface area contributed by atoms with Crippen LogP contribution in [0.25, 0.3) is 10.9 Å². The minimum absolute atomic E-state index is 0.134. The molecule has 0 spiro atoms. The van der Waals surface area contributed by atoms with Gasteiger partial charge in [-0.15, -0.1) is 0 Å². The molecule has 41 heavy (non-hydrogen) atoms. The third kappa shape index (κ3) is 9.24. The molecule has 11 nitrogen and oxygen atoms in total. The molecule has 1 aromatic heterocycles. The summed E-state index contributed by atoms with van der Waals surface area (Å²) < 4.78 is 0. The van der Waals surface area contributed by atoms with E-state index in [2.05, 4.69) is 20.9 Å². The van der Waals surface area contributed by atoms with E-state index in [1.165, 1.54) is 6.92 Å². The number of carbonyl (C=O) groups excluding carboxylic acids is 4. The number of hydrogen-bond acceptors (Lipinski definition) is 7. The van der Waals surface area contributed by atoms with Crippen LogP contribution < -0.4 is 27.4 Å². The van der Waals surface area contributed by atoms with Crippen LogP contribution in [0.15, 0.2) is 60.8 Å². The standard InChI is InChI=1S/C30H39N6O5/c1-19(38)27(18-37)36-29(40)25(13-7-8-14-31)34-30(41)26(16-21-17-33-24-12-6-5-11-22(21)24)35-28(39)23(32)15-20-9-3-2-4-10-20/h2-6,9-12,17,19,23,25-27,33,38H,7-8,13-16,31-32H2,1H3,(H,34,41)(H,35,39)(H,36,40)/t19-,23+,25+,26-,27-/m1/s1. The van der Waals surface area contributed by atoms with Crippen LogP contribution in [0.1, 0.15) is 37.3 Å². The summed E-state index contributed by atoms with van der Waals surface area (Å²) in [7, 11) is 0. The van der Waals surface area contributed by atoms with Gasteiger partial charge in [-0.3, -0.25) is 19.2 Å². The van der Waals surface area contributed by atoms with Gasteiger partial charge in [0.15, 0.2) is 0 Å². The Hall–Kier alpha value is -4.06. The fraction of sp³-hybridized carbons (Fsp3) is 0.400. The number of hydrogen-bond donors (Lipinski definition) is 7. The second-order valence-corrected chi connectivity index (χ2v) is 10.1. The maximum Gasteiger partial charge on any atom is 0.243 e. The number of carbonyl (C=O) groups is 3. The molecule has 1 radical (unpaired) electrons. The molecule has 0 aliphatic rings. The lowest BCUT2D eigenvalue weighted by atomic mass is 10.0. The Morgan fingerprint density at radius 1 is 0.902 bits per heavy atom. The van der Waals surface area contributed by atoms with E-state index in [0.717, 1.165) is 22.0 Å². The fourth-order valence-electron chi connectivity index (χ4n) is 4.51. The van der Waals surface area contributed by atoms with Gasteiger partial charge in [0.2, 0.25) is 24.0 Å². The Morgan fingerprint density at radius 2 is 1.56 bits per heavy atom. The van der Waals surface area contributed by atoms with E-state index in [9.17, 15) is 24.3 Å². The molecular formula is C30H39N6O5. The number of unbranched alkanes of at least 4 members (excludes halogenated alkanes) is 1. The predicted octanol–water partition coefficient (Wildman–Crippen LogP) is 0.354. The molecule has 3 rings (SSSR count). The van der Waals surface area contributed by atoms with Gasteiger partial charge in [0.1, 0.15) is 18.1 Å². The van der Waals surface area contributed by atoms with Crippen LogP contribution in [0, 0.1) is 0 Å². The Bertz CT molecular complexity index is 1290. The molecule has 0 aliphatic heterocycles. The summed E-state index contributed by atoms with van der Waals surface area (Å²) in [6.07, 6.45) is 4.00. The van der Waals surface area contributed by atoms with E-state index in [1.807, 2.05) is 54.6 Å². The second kappa shape index (κ2) is 15.7. The Labute approximate surface area is 239 Å². The summed E-state index contributed by atoms with van der Waals surface area (Å²) in [5.74, 6) is -1.75. The Kier molecular flexibility index (Phi) is 12.0. The number of amides is 3. The molecular weight excluding hydrogens is 524 g/mol. The molecule has 11 heteroatoms. The number of aliphatic hydroxyl groups excluding tert-OH is 1. The lowest BCUT2D eigenvalue weighted by molar-refractivity contribution is -0.132. The number of benzene rings is 2. The first-order valence-corrected chi connectivity index (χ1v) is 13.7. The molecule has 3 aromatic rings. The topological polar surface area (TPSA) is 192 Å². The second-order valence-electron chi connectivity index (χ2n) is 10.1. The third-order valence-corrected chi connectivity index (χ3v) is 6.85. The maximum atomic E-state index is 13.7. The van der Waals surface area contributed by atoms with Crippen LogP contribution in [-0.4, -0.2) is 70.9 Å². The van der Waals surface area contributed by atoms with E-state index in [4.69, 9.17) is 11.5 Å². The van der Waals surface area contributed by atoms with E-state index in [0.29, 0.717) is 19.4 Å². The Balaban J connectivity index is 1.82. The number of H-pyrrole nitrogens is 1. The van der Waals surface area contributed by atoms with Gasteiger partial charge in [-0.1, -0.05) is 48.5 Å². The zero-order chi connectivity index (χ0) is 29.8. The van der Waals surface area contributed by atoms with Crippen molar-refractivity contribution in [3.05, 3.63) is 71.9 Å². The molecule has 0 bridgehead atoms. The Morgan fingerprint density at radius 3 is 2.24 bits per heavy atom. The van der Waals surface area contributed by atoms with Gasteiger partial charge in [-0.05, 0) is 56.3 Å². The molecule has 2 aromatic carbocycles. The highest BCUT2D eigenvalue weighted by Crippen LogP contribution is 2.19. The zero-order valence-corrected chi connectivity index (χ0v) is 23.1. The minimum atomic E-state index is -1.26. The van der Waals surface area contributed by atoms with Crippen LogP contribution in [0.4, 0.5) is 0 Å². The van der Waals surface area contributed by atoms with Crippen LogP contribution in [-0.2, 0) is 32.0 Å². The van der Waals surface area contributed by atoms with E-state index >= 15 is 0 Å². The molecule has 1 heterocycles. The summed E-state index contributed by atoms with van der Waals surface area (Å²) >= 11 is 0. The van der Waals surface area contributed by atoms with Crippen molar-refractivity contribution in [2.75, 3.05) is 6.54 Å². The molecule has 3 amide bonds. The number of fused-ring (bicyclic) bond motifs is 1. The number of aromatic amines is 1. The summed E-state index contributed by atoms with van der Waals surface area (Å²) in [6, 6.07) is 12.6. The van der Waals surface area contributed by atoms with Crippen molar-refractivity contribution in [2.45, 2.75) is 69.3 Å². The van der Waals surface area contributed by atoms with Gasteiger partial charge in [-0.2, -0.15) is 0 Å². The third-order valence-electron chi connectivity index (χ3n) is 6.85. The van der Waals surface area contributed by atoms with Crippen molar-refractivity contribution in [1.29, 1.82) is 0 Å². The molecule has 0 saturated carbocycles. The average molecular weight is 564 g/mol. The molecule has 9 N–H and O–H groups in total. The van der Waals surface area contributed by atoms with Gasteiger partial charge >= 0.3 is 0 Å². The van der Waals surface area contributed by atoms with E-state index in [1.54, 1.807) is 12.5 Å². The van der Waals surface area contributed by atoms with Crippen molar-refractivity contribution < 1.29 is 24.3 Å². The number of aliphatic hydroxyl groups is 1. The van der Waals surface area contributed by atoms with E-state index in [-0.39, 0.29) is 19.3 Å². The lowest BCUT2D eigenvalue weighted by Gasteiger charge is -2.25. The fourth-order valence-corrected chi connectivity index (χ4v) is 4.51. The molecule has 0 fully saturated rings.